The molecule has 2 rings (SSSR count). The van der Waals surface area contributed by atoms with E-state index in [4.69, 9.17) is 14.2 Å². The average Bonchev–Trinajstić information content (AvgIpc) is 2.73. The summed E-state index contributed by atoms with van der Waals surface area (Å²) in [5.41, 5.74) is 0.699. The Labute approximate surface area is 119 Å². The quantitative estimate of drug-likeness (QED) is 0.760. The van der Waals surface area contributed by atoms with Crippen molar-refractivity contribution < 1.29 is 19.0 Å². The molecule has 1 fully saturated rings. The van der Waals surface area contributed by atoms with Crippen LogP contribution in [0, 0.1) is 0 Å². The molecule has 1 amide bonds. The van der Waals surface area contributed by atoms with Crippen molar-refractivity contribution in [2.75, 3.05) is 46.6 Å². The van der Waals surface area contributed by atoms with E-state index in [1.807, 2.05) is 30.3 Å². The molecule has 0 radical (unpaired) electrons. The Morgan fingerprint density at radius 2 is 2.15 bits per heavy atom. The molecule has 5 heteroatoms. The van der Waals surface area contributed by atoms with Gasteiger partial charge in [0.05, 0.1) is 32.5 Å². The molecule has 5 nitrogen and oxygen atoms in total. The molecule has 0 saturated carbocycles. The van der Waals surface area contributed by atoms with E-state index in [0.717, 1.165) is 0 Å². The van der Waals surface area contributed by atoms with Gasteiger partial charge in [-0.1, -0.05) is 18.2 Å². The first kappa shape index (κ1) is 15.0. The summed E-state index contributed by atoms with van der Waals surface area (Å²) in [7, 11) is 1.64. The zero-order valence-corrected chi connectivity index (χ0v) is 11.8. The third-order valence-electron chi connectivity index (χ3n) is 3.18. The van der Waals surface area contributed by atoms with Crippen molar-refractivity contribution in [1.29, 1.82) is 0 Å². The van der Waals surface area contributed by atoms with Crippen molar-refractivity contribution in [3.8, 4) is 0 Å². The standard InChI is InChI=1S/C15H21NO4/c1-18-9-10-20-14-11-16(7-8-19-12-14)15(17)13-5-3-2-4-6-13/h2-6,14H,7-12H2,1H3/t14-/m1/s1. The Morgan fingerprint density at radius 3 is 2.90 bits per heavy atom. The molecule has 1 atom stereocenters. The molecule has 1 aliphatic rings. The van der Waals surface area contributed by atoms with E-state index >= 15 is 0 Å². The minimum Gasteiger partial charge on any atom is -0.382 e. The van der Waals surface area contributed by atoms with E-state index in [0.29, 0.717) is 45.1 Å². The number of hydrogen-bond donors (Lipinski definition) is 0. The third kappa shape index (κ3) is 4.30. The average molecular weight is 279 g/mol. The van der Waals surface area contributed by atoms with Crippen molar-refractivity contribution in [2.24, 2.45) is 0 Å². The van der Waals surface area contributed by atoms with Gasteiger partial charge in [0.15, 0.2) is 0 Å². The summed E-state index contributed by atoms with van der Waals surface area (Å²) < 4.78 is 16.1. The lowest BCUT2D eigenvalue weighted by molar-refractivity contribution is -0.0237. The van der Waals surface area contributed by atoms with E-state index in [1.165, 1.54) is 0 Å². The van der Waals surface area contributed by atoms with Crippen molar-refractivity contribution in [3.63, 3.8) is 0 Å². The highest BCUT2D eigenvalue weighted by Gasteiger charge is 2.23. The molecule has 0 spiro atoms. The maximum absolute atomic E-state index is 12.4. The number of benzene rings is 1. The molecule has 0 aromatic heterocycles. The summed E-state index contributed by atoms with van der Waals surface area (Å²) in [6, 6.07) is 9.30. The highest BCUT2D eigenvalue weighted by atomic mass is 16.5. The number of ether oxygens (including phenoxy) is 3. The molecule has 1 aromatic rings. The molecular weight excluding hydrogens is 258 g/mol. The monoisotopic (exact) mass is 279 g/mol. The normalized spacial score (nSPS) is 19.6. The van der Waals surface area contributed by atoms with Crippen LogP contribution in [0.2, 0.25) is 0 Å². The van der Waals surface area contributed by atoms with Gasteiger partial charge in [-0.3, -0.25) is 4.79 Å². The largest absolute Gasteiger partial charge is 0.382 e. The Hall–Kier alpha value is -1.43. The van der Waals surface area contributed by atoms with Gasteiger partial charge in [0.1, 0.15) is 0 Å². The molecule has 1 aromatic carbocycles. The number of amides is 1. The Morgan fingerprint density at radius 1 is 1.35 bits per heavy atom. The first-order valence-corrected chi connectivity index (χ1v) is 6.84. The molecule has 0 unspecified atom stereocenters. The van der Waals surface area contributed by atoms with Crippen LogP contribution in [0.25, 0.3) is 0 Å². The second-order valence-electron chi connectivity index (χ2n) is 4.68. The molecule has 0 bridgehead atoms. The zero-order valence-electron chi connectivity index (χ0n) is 11.8. The van der Waals surface area contributed by atoms with Crippen molar-refractivity contribution >= 4 is 5.91 Å². The fourth-order valence-electron chi connectivity index (χ4n) is 2.13. The maximum Gasteiger partial charge on any atom is 0.254 e. The predicted molar refractivity (Wildman–Crippen MR) is 74.8 cm³/mol. The van der Waals surface area contributed by atoms with Gasteiger partial charge in [-0.25, -0.2) is 0 Å². The van der Waals surface area contributed by atoms with Crippen molar-refractivity contribution in [3.05, 3.63) is 35.9 Å². The maximum atomic E-state index is 12.4. The van der Waals surface area contributed by atoms with Crippen LogP contribution in [0.15, 0.2) is 30.3 Å². The zero-order chi connectivity index (χ0) is 14.2. The lowest BCUT2D eigenvalue weighted by atomic mass is 10.2. The van der Waals surface area contributed by atoms with Crippen LogP contribution >= 0.6 is 0 Å². The molecule has 20 heavy (non-hydrogen) atoms. The van der Waals surface area contributed by atoms with Crippen LogP contribution in [0.3, 0.4) is 0 Å². The minimum atomic E-state index is -0.0969. The van der Waals surface area contributed by atoms with Crippen molar-refractivity contribution in [2.45, 2.75) is 6.10 Å². The van der Waals surface area contributed by atoms with Crippen LogP contribution in [-0.4, -0.2) is 63.5 Å². The lowest BCUT2D eigenvalue weighted by Gasteiger charge is -2.23. The van der Waals surface area contributed by atoms with Crippen LogP contribution in [0.1, 0.15) is 10.4 Å². The topological polar surface area (TPSA) is 48.0 Å². The van der Waals surface area contributed by atoms with Crippen molar-refractivity contribution in [1.82, 2.24) is 4.90 Å². The summed E-state index contributed by atoms with van der Waals surface area (Å²) in [6.07, 6.45) is -0.0969. The number of carbonyl (C=O) groups is 1. The molecule has 0 aliphatic carbocycles. The fraction of sp³-hybridized carbons (Fsp3) is 0.533. The van der Waals surface area contributed by atoms with Crippen LogP contribution in [0.5, 0.6) is 0 Å². The van der Waals surface area contributed by atoms with Gasteiger partial charge in [0, 0.05) is 25.8 Å². The highest BCUT2D eigenvalue weighted by molar-refractivity contribution is 5.94. The number of methoxy groups -OCH3 is 1. The molecule has 1 heterocycles. The SMILES string of the molecule is COCCO[C@H]1COCCN(C(=O)c2ccccc2)C1. The predicted octanol–water partition coefficient (Wildman–Crippen LogP) is 1.19. The van der Waals surface area contributed by atoms with Crippen LogP contribution in [0.4, 0.5) is 0 Å². The Bertz CT molecular complexity index is 410. The minimum absolute atomic E-state index is 0.0245. The number of rotatable bonds is 5. The van der Waals surface area contributed by atoms with Gasteiger partial charge in [0.25, 0.3) is 5.91 Å². The number of carbonyl (C=O) groups excluding carboxylic acids is 1. The van der Waals surface area contributed by atoms with E-state index in [9.17, 15) is 4.79 Å². The van der Waals surface area contributed by atoms with Gasteiger partial charge in [-0.05, 0) is 12.1 Å². The summed E-state index contributed by atoms with van der Waals surface area (Å²) >= 11 is 0. The second kappa shape index (κ2) is 7.99. The van der Waals surface area contributed by atoms with Crippen LogP contribution < -0.4 is 0 Å². The van der Waals surface area contributed by atoms with Gasteiger partial charge in [-0.15, -0.1) is 0 Å². The Balaban J connectivity index is 1.94. The lowest BCUT2D eigenvalue weighted by Crippen LogP contribution is -2.39. The Kier molecular flexibility index (Phi) is 5.98. The van der Waals surface area contributed by atoms with Crippen LogP contribution in [-0.2, 0) is 14.2 Å². The fourth-order valence-corrected chi connectivity index (χ4v) is 2.13. The molecular formula is C15H21NO4. The van der Waals surface area contributed by atoms with E-state index in [2.05, 4.69) is 0 Å². The van der Waals surface area contributed by atoms with Gasteiger partial charge in [-0.2, -0.15) is 0 Å². The third-order valence-corrected chi connectivity index (χ3v) is 3.18. The molecule has 0 N–H and O–H groups in total. The summed E-state index contributed by atoms with van der Waals surface area (Å²) in [4.78, 5) is 14.2. The molecule has 110 valence electrons. The first-order chi connectivity index (χ1) is 9.81. The van der Waals surface area contributed by atoms with Gasteiger partial charge in [0.2, 0.25) is 0 Å². The first-order valence-electron chi connectivity index (χ1n) is 6.84. The van der Waals surface area contributed by atoms with E-state index in [1.54, 1.807) is 12.0 Å². The summed E-state index contributed by atoms with van der Waals surface area (Å²) in [5.74, 6) is 0.0245. The number of nitrogens with zero attached hydrogens (tertiary/aromatic N) is 1. The smallest absolute Gasteiger partial charge is 0.254 e. The summed E-state index contributed by atoms with van der Waals surface area (Å²) in [6.45, 7) is 3.27. The van der Waals surface area contributed by atoms with E-state index in [-0.39, 0.29) is 12.0 Å². The van der Waals surface area contributed by atoms with Gasteiger partial charge < -0.3 is 19.1 Å². The molecule has 1 saturated heterocycles. The summed E-state index contributed by atoms with van der Waals surface area (Å²) in [5, 5.41) is 0. The van der Waals surface area contributed by atoms with Gasteiger partial charge >= 0.3 is 0 Å². The molecule has 1 aliphatic heterocycles. The van der Waals surface area contributed by atoms with E-state index < -0.39 is 0 Å². The number of hydrogen-bond acceptors (Lipinski definition) is 4. The highest BCUT2D eigenvalue weighted by Crippen LogP contribution is 2.09. The second-order valence-corrected chi connectivity index (χ2v) is 4.68.